The Morgan fingerprint density at radius 2 is 0.972 bits per heavy atom. The maximum atomic E-state index is 14.1. The minimum absolute atomic E-state index is 0.0150. The molecular formula is C82H130F5NO18S. The molecule has 10 fully saturated rings. The van der Waals surface area contributed by atoms with Gasteiger partial charge in [-0.05, 0) is 258 Å². The summed E-state index contributed by atoms with van der Waals surface area (Å²) >= 11 is 0. The van der Waals surface area contributed by atoms with Crippen LogP contribution in [0.25, 0.3) is 0 Å². The molecule has 1 heterocycles. The topological polar surface area (TPSA) is 260 Å². The van der Waals surface area contributed by atoms with Crippen molar-refractivity contribution in [3.8, 4) is 0 Å². The van der Waals surface area contributed by atoms with Crippen molar-refractivity contribution < 1.29 is 106 Å². The number of rotatable bonds is 30. The van der Waals surface area contributed by atoms with Gasteiger partial charge in [-0.15, -0.1) is 0 Å². The molecule has 3 atom stereocenters. The quantitative estimate of drug-likeness (QED) is 0.0187. The smallest absolute Gasteiger partial charge is 0.465 e. The highest BCUT2D eigenvalue weighted by Gasteiger charge is 2.61. The van der Waals surface area contributed by atoms with Gasteiger partial charge in [0, 0.05) is 12.0 Å². The van der Waals surface area contributed by atoms with Crippen LogP contribution in [0.3, 0.4) is 0 Å². The Bertz CT molecular complexity index is 3190. The maximum Gasteiger partial charge on any atom is 0.478 e. The van der Waals surface area contributed by atoms with E-state index in [9.17, 15) is 69.0 Å². The number of esters is 7. The number of cyclic esters (lactones) is 1. The summed E-state index contributed by atoms with van der Waals surface area (Å²) < 4.78 is 132. The molecule has 8 bridgehead atoms. The first-order valence-corrected chi connectivity index (χ1v) is 41.3. The minimum Gasteiger partial charge on any atom is -0.465 e. The van der Waals surface area contributed by atoms with Crippen molar-refractivity contribution in [2.45, 2.75) is 344 Å². The Morgan fingerprint density at radius 1 is 0.533 bits per heavy atom. The molecule has 0 radical (unpaired) electrons. The maximum absolute atomic E-state index is 14.1. The summed E-state index contributed by atoms with van der Waals surface area (Å²) in [5, 5.41) is 7.59. The molecule has 612 valence electrons. The molecule has 1 aromatic rings. The molecule has 9 saturated carbocycles. The lowest BCUT2D eigenvalue weighted by molar-refractivity contribution is -0.218. The molecule has 9 aliphatic carbocycles. The van der Waals surface area contributed by atoms with Crippen molar-refractivity contribution in [2.24, 2.45) is 73.7 Å². The number of alkyl halides is 5. The molecule has 0 amide bonds. The van der Waals surface area contributed by atoms with Crippen LogP contribution in [-0.4, -0.2) is 121 Å². The summed E-state index contributed by atoms with van der Waals surface area (Å²) in [7, 11) is -6.23. The van der Waals surface area contributed by atoms with Crippen molar-refractivity contribution in [3.63, 3.8) is 0 Å². The van der Waals surface area contributed by atoms with Crippen molar-refractivity contribution in [2.75, 3.05) is 19.8 Å². The first-order valence-electron chi connectivity index (χ1n) is 39.9. The average Bonchev–Trinajstić information content (AvgIpc) is 1.42. The van der Waals surface area contributed by atoms with E-state index in [1.807, 2.05) is 69.2 Å². The molecule has 1 N–H and O–H groups in total. The second-order valence-electron chi connectivity index (χ2n) is 34.8. The number of carbonyl (C=O) groups excluding carboxylic acids is 7. The molecule has 0 aromatic heterocycles. The standard InChI is InChI=1S/C24H32F5NO7S.C18H30O2.C16H26O3.C14H26O2.C10H16O4/c1-4-22(2,3)20(31)35-16-12-7-5-6-8-13-17-36-21(32)24(28,29)38(33,34)37-30-19(23(25,26)27)18-14-10-9-11-15-18;1-5-17(3,4)16(19)20-18(6-2)14-8-12-7-13(10-14)11-15(18)9-12;1-4-15(2,3)14(17)19-13-11-5-10-6-12(13)9-16(18,7-10)8-11;1-5-13(3,4)12(15)16-14(6-2)10-8-7-9-11-14;1-4-10(2,3)9(12)14-7-5-6-13-8(7)11/h9-11,14-15H,4-8,12-13,16-17H2,1-3H3;12-15H,5-11H2,1-4H3;10-13,18H,4-9H2,1-3H3;5-11H2,1-4H3;7H,4-6H2,1-3H3/b30-19+;;;;. The van der Waals surface area contributed by atoms with Crippen LogP contribution in [0, 0.1) is 68.5 Å². The molecule has 107 heavy (non-hydrogen) atoms. The zero-order valence-electron chi connectivity index (χ0n) is 67.3. The molecule has 1 aromatic carbocycles. The number of nitrogens with zero attached hydrogens (tertiary/aromatic N) is 1. The molecular weight excluding hydrogens is 1410 g/mol. The van der Waals surface area contributed by atoms with E-state index in [4.69, 9.17) is 28.4 Å². The summed E-state index contributed by atoms with van der Waals surface area (Å²) in [6.45, 7) is 33.5. The zero-order valence-corrected chi connectivity index (χ0v) is 68.2. The lowest BCUT2D eigenvalue weighted by Gasteiger charge is -2.60. The fourth-order valence-corrected chi connectivity index (χ4v) is 16.3. The van der Waals surface area contributed by atoms with Gasteiger partial charge >= 0.3 is 63.3 Å². The molecule has 1 aliphatic heterocycles. The molecule has 11 rings (SSSR count). The van der Waals surface area contributed by atoms with Crippen LogP contribution in [0.5, 0.6) is 0 Å². The number of hydrogen-bond acceptors (Lipinski definition) is 19. The monoisotopic (exact) mass is 1540 g/mol. The molecule has 19 nitrogen and oxygen atoms in total. The Kier molecular flexibility index (Phi) is 33.3. The SMILES string of the molecule is CCC(C)(C)C(=O)OC1(CC)C2CC3CC(C2)CC1C3.CCC(C)(C)C(=O)OC1C2CC3CC1CC(O)(C3)C2.CCC(C)(C)C(=O)OC1CCOC1=O.CCC(C)(C)C(=O)OCCCCCCCCOC(=O)C(F)(F)S(=O)(=O)O/N=C(\c1ccccc1)C(F)(F)F.CCC1(OC(=O)C(C)(C)CC)CCCCC1. The average molecular weight is 1540 g/mol. The summed E-state index contributed by atoms with van der Waals surface area (Å²) in [4.78, 5) is 83.1. The van der Waals surface area contributed by atoms with Crippen LogP contribution in [0.4, 0.5) is 22.0 Å². The highest BCUT2D eigenvalue weighted by atomic mass is 32.2. The largest absolute Gasteiger partial charge is 0.478 e. The highest BCUT2D eigenvalue weighted by molar-refractivity contribution is 7.88. The lowest BCUT2D eigenvalue weighted by Crippen LogP contribution is -2.60. The van der Waals surface area contributed by atoms with Gasteiger partial charge in [0.1, 0.15) is 17.3 Å². The van der Waals surface area contributed by atoms with Gasteiger partial charge in [-0.1, -0.05) is 116 Å². The minimum atomic E-state index is -6.23. The van der Waals surface area contributed by atoms with Gasteiger partial charge in [-0.25, -0.2) is 9.59 Å². The van der Waals surface area contributed by atoms with Crippen LogP contribution < -0.4 is 0 Å². The number of aliphatic hydroxyl groups is 1. The third-order valence-corrected chi connectivity index (χ3v) is 26.0. The van der Waals surface area contributed by atoms with Gasteiger partial charge in [0.15, 0.2) is 5.71 Å². The number of unbranched alkanes of at least 4 members (excludes halogenated alkanes) is 5. The predicted octanol–water partition coefficient (Wildman–Crippen LogP) is 18.6. The van der Waals surface area contributed by atoms with E-state index in [0.29, 0.717) is 74.7 Å². The third-order valence-electron chi connectivity index (χ3n) is 24.9. The second-order valence-corrected chi connectivity index (χ2v) is 36.4. The first kappa shape index (κ1) is 92.1. The molecule has 25 heteroatoms. The molecule has 1 saturated heterocycles. The predicted molar refractivity (Wildman–Crippen MR) is 396 cm³/mol. The van der Waals surface area contributed by atoms with Gasteiger partial charge in [0.2, 0.25) is 6.10 Å². The molecule has 10 aliphatic rings. The number of benzene rings is 1. The first-order chi connectivity index (χ1) is 49.7. The normalized spacial score (nSPS) is 26.5. The van der Waals surface area contributed by atoms with Crippen molar-refractivity contribution in [1.29, 1.82) is 0 Å². The van der Waals surface area contributed by atoms with E-state index in [0.717, 1.165) is 114 Å². The number of carbonyl (C=O) groups is 7. The number of halogens is 5. The van der Waals surface area contributed by atoms with Crippen LogP contribution >= 0.6 is 0 Å². The molecule has 3 unspecified atom stereocenters. The summed E-state index contributed by atoms with van der Waals surface area (Å²) in [5.41, 5.74) is -5.36. The van der Waals surface area contributed by atoms with Crippen LogP contribution in [0.1, 0.15) is 309 Å². The van der Waals surface area contributed by atoms with Crippen LogP contribution in [0.2, 0.25) is 0 Å². The Balaban J connectivity index is 0.000000253. The van der Waals surface area contributed by atoms with E-state index in [1.54, 1.807) is 27.7 Å². The summed E-state index contributed by atoms with van der Waals surface area (Å²) in [6, 6.07) is 5.56. The third kappa shape index (κ3) is 24.8. The van der Waals surface area contributed by atoms with Crippen LogP contribution in [0.15, 0.2) is 35.5 Å². The van der Waals surface area contributed by atoms with Gasteiger partial charge in [-0.3, -0.25) is 28.3 Å². The van der Waals surface area contributed by atoms with Gasteiger partial charge in [-0.2, -0.15) is 30.4 Å². The van der Waals surface area contributed by atoms with E-state index in [1.165, 1.54) is 69.6 Å². The van der Waals surface area contributed by atoms with E-state index >= 15 is 0 Å². The van der Waals surface area contributed by atoms with Crippen molar-refractivity contribution >= 4 is 57.6 Å². The second kappa shape index (κ2) is 38.7. The van der Waals surface area contributed by atoms with Crippen LogP contribution in [-0.2, 0) is 81.1 Å². The zero-order chi connectivity index (χ0) is 80.4. The Labute approximate surface area is 634 Å². The van der Waals surface area contributed by atoms with Crippen molar-refractivity contribution in [3.05, 3.63) is 35.9 Å². The van der Waals surface area contributed by atoms with E-state index in [-0.39, 0.29) is 76.4 Å². The number of hydrogen-bond donors (Lipinski definition) is 1. The van der Waals surface area contributed by atoms with E-state index < -0.39 is 73.9 Å². The van der Waals surface area contributed by atoms with Gasteiger partial charge in [0.25, 0.3) is 0 Å². The van der Waals surface area contributed by atoms with Gasteiger partial charge < -0.3 is 38.3 Å². The fraction of sp³-hybridized carbons (Fsp3) is 0.829. The lowest BCUT2D eigenvalue weighted by atomic mass is 9.49. The highest BCUT2D eigenvalue weighted by Crippen LogP contribution is 2.61. The van der Waals surface area contributed by atoms with E-state index in [2.05, 4.69) is 34.9 Å². The van der Waals surface area contributed by atoms with Gasteiger partial charge in [0.05, 0.1) is 52.5 Å². The summed E-state index contributed by atoms with van der Waals surface area (Å²) in [6.07, 6.45) is 21.2. The fourth-order valence-electron chi connectivity index (χ4n) is 15.8. The number of ether oxygens (including phenoxy) is 7. The van der Waals surface area contributed by atoms with Crippen molar-refractivity contribution in [1.82, 2.24) is 0 Å². The Morgan fingerprint density at radius 3 is 1.40 bits per heavy atom. The summed E-state index contributed by atoms with van der Waals surface area (Å²) in [5.74, 6) is 1.04. The Hall–Kier alpha value is -5.46. The molecule has 0 spiro atoms. The number of oxime groups is 1.